The Kier molecular flexibility index (Phi) is 10.4. The van der Waals surface area contributed by atoms with Crippen LogP contribution >= 0.6 is 23.2 Å². The Hall–Kier alpha value is -3.07. The zero-order valence-electron chi connectivity index (χ0n) is 20.5. The number of benzene rings is 2. The summed E-state index contributed by atoms with van der Waals surface area (Å²) in [5.74, 6) is -1.55. The molecule has 2 heterocycles. The van der Waals surface area contributed by atoms with Crippen molar-refractivity contribution in [2.24, 2.45) is 0 Å². The number of methoxy groups -OCH3 is 1. The van der Waals surface area contributed by atoms with Gasteiger partial charge in [-0.05, 0) is 73.3 Å². The highest BCUT2D eigenvalue weighted by molar-refractivity contribution is 6.42. The number of fused-ring (bicyclic) bond motifs is 1. The van der Waals surface area contributed by atoms with Gasteiger partial charge in [0.25, 0.3) is 0 Å². The Morgan fingerprint density at radius 1 is 0.973 bits per heavy atom. The minimum Gasteiger partial charge on any atom is -0.497 e. The van der Waals surface area contributed by atoms with Gasteiger partial charge in [-0.25, -0.2) is 9.59 Å². The van der Waals surface area contributed by atoms with E-state index >= 15 is 0 Å². The van der Waals surface area contributed by atoms with Gasteiger partial charge < -0.3 is 24.7 Å². The molecule has 2 aliphatic heterocycles. The first-order valence-corrected chi connectivity index (χ1v) is 12.7. The number of carboxylic acids is 2. The maximum absolute atomic E-state index is 13.3. The number of hydrogen-bond acceptors (Lipinski definition) is 5. The first-order chi connectivity index (χ1) is 17.7. The number of halogens is 2. The Morgan fingerprint density at radius 2 is 1.65 bits per heavy atom. The Morgan fingerprint density at radius 3 is 2.24 bits per heavy atom. The predicted octanol–water partition coefficient (Wildman–Crippen LogP) is 4.48. The van der Waals surface area contributed by atoms with Crippen molar-refractivity contribution >= 4 is 41.0 Å². The molecule has 2 aromatic carbocycles. The standard InChI is InChI=1S/C23H26Cl2N2O2.C4H4O4/c1-29-18-6-5-17-8-11-27(22(19(17)14-18)15-26-9-2-3-10-26)23(28)13-16-4-7-20(24)21(25)12-16;5-3(6)1-2-4(7)8/h4-7,12,14,22H,2-3,8-11,13,15H2,1H3;1-2H,(H,5,6)(H,7,8)/b;2-1-. The van der Waals surface area contributed by atoms with E-state index in [1.807, 2.05) is 17.0 Å². The van der Waals surface area contributed by atoms with Gasteiger partial charge in [0.15, 0.2) is 0 Å². The van der Waals surface area contributed by atoms with Crippen molar-refractivity contribution in [1.82, 2.24) is 9.80 Å². The van der Waals surface area contributed by atoms with Crippen LogP contribution in [-0.2, 0) is 27.2 Å². The van der Waals surface area contributed by atoms with E-state index in [2.05, 4.69) is 17.0 Å². The average Bonchev–Trinajstić information content (AvgIpc) is 3.38. The maximum atomic E-state index is 13.3. The maximum Gasteiger partial charge on any atom is 0.328 e. The van der Waals surface area contributed by atoms with Crippen LogP contribution in [0.1, 0.15) is 35.6 Å². The van der Waals surface area contributed by atoms with E-state index in [0.717, 1.165) is 43.9 Å². The monoisotopic (exact) mass is 548 g/mol. The molecule has 4 rings (SSSR count). The topological polar surface area (TPSA) is 107 Å². The number of carboxylic acid groups (broad SMARTS) is 2. The Bertz CT molecular complexity index is 1150. The van der Waals surface area contributed by atoms with Crippen LogP contribution in [0.3, 0.4) is 0 Å². The quantitative estimate of drug-likeness (QED) is 0.491. The second kappa shape index (κ2) is 13.5. The number of carbonyl (C=O) groups excluding carboxylic acids is 1. The number of ether oxygens (including phenoxy) is 1. The lowest BCUT2D eigenvalue weighted by Crippen LogP contribution is -2.45. The van der Waals surface area contributed by atoms with Crippen molar-refractivity contribution < 1.29 is 29.3 Å². The number of nitrogens with zero attached hydrogens (tertiary/aromatic N) is 2. The molecule has 8 nitrogen and oxygen atoms in total. The van der Waals surface area contributed by atoms with Crippen LogP contribution in [0, 0.1) is 0 Å². The van der Waals surface area contributed by atoms with Gasteiger partial charge in [0.2, 0.25) is 5.91 Å². The van der Waals surface area contributed by atoms with Gasteiger partial charge in [-0.2, -0.15) is 0 Å². The number of carbonyl (C=O) groups is 3. The second-order valence-corrected chi connectivity index (χ2v) is 9.67. The largest absolute Gasteiger partial charge is 0.497 e. The van der Waals surface area contributed by atoms with Crippen LogP contribution in [0.5, 0.6) is 5.75 Å². The summed E-state index contributed by atoms with van der Waals surface area (Å²) in [5.41, 5.74) is 3.42. The molecular formula is C27H30Cl2N2O6. The molecule has 0 aromatic heterocycles. The SMILES string of the molecule is COc1ccc2c(c1)C(CN1CCCC1)N(C(=O)Cc1ccc(Cl)c(Cl)c1)CC2.O=C(O)/C=C\C(=O)O. The molecule has 2 N–H and O–H groups in total. The zero-order chi connectivity index (χ0) is 26.9. The number of rotatable bonds is 7. The van der Waals surface area contributed by atoms with Crippen molar-refractivity contribution in [1.29, 1.82) is 0 Å². The molecule has 10 heteroatoms. The minimum atomic E-state index is -1.26. The van der Waals surface area contributed by atoms with Crippen molar-refractivity contribution in [3.63, 3.8) is 0 Å². The van der Waals surface area contributed by atoms with E-state index in [1.54, 1.807) is 19.2 Å². The minimum absolute atomic E-state index is 0.0437. The third-order valence-electron chi connectivity index (χ3n) is 6.37. The fourth-order valence-electron chi connectivity index (χ4n) is 4.58. The number of amides is 1. The van der Waals surface area contributed by atoms with Crippen LogP contribution in [0.4, 0.5) is 0 Å². The fourth-order valence-corrected chi connectivity index (χ4v) is 4.90. The highest BCUT2D eigenvalue weighted by atomic mass is 35.5. The predicted molar refractivity (Wildman–Crippen MR) is 141 cm³/mol. The second-order valence-electron chi connectivity index (χ2n) is 8.86. The molecule has 0 saturated carbocycles. The van der Waals surface area contributed by atoms with Crippen molar-refractivity contribution in [3.8, 4) is 5.75 Å². The number of aliphatic carboxylic acids is 2. The highest BCUT2D eigenvalue weighted by Gasteiger charge is 2.33. The molecule has 1 unspecified atom stereocenters. The summed E-state index contributed by atoms with van der Waals surface area (Å²) >= 11 is 12.2. The molecule has 1 atom stereocenters. The van der Waals surface area contributed by atoms with Crippen molar-refractivity contribution in [3.05, 3.63) is 75.3 Å². The van der Waals surface area contributed by atoms with Crippen LogP contribution in [-0.4, -0.2) is 71.1 Å². The summed E-state index contributed by atoms with van der Waals surface area (Å²) in [6.07, 6.45) is 4.77. The van der Waals surface area contributed by atoms with Crippen LogP contribution < -0.4 is 4.74 Å². The molecule has 2 aliphatic rings. The van der Waals surface area contributed by atoms with Gasteiger partial charge >= 0.3 is 11.9 Å². The van der Waals surface area contributed by atoms with Crippen LogP contribution in [0.2, 0.25) is 10.0 Å². The highest BCUT2D eigenvalue weighted by Crippen LogP contribution is 2.34. The van der Waals surface area contributed by atoms with E-state index in [4.69, 9.17) is 38.2 Å². The summed E-state index contributed by atoms with van der Waals surface area (Å²) in [7, 11) is 1.69. The average molecular weight is 549 g/mol. The van der Waals surface area contributed by atoms with Crippen LogP contribution in [0.15, 0.2) is 48.6 Å². The third-order valence-corrected chi connectivity index (χ3v) is 7.11. The summed E-state index contributed by atoms with van der Waals surface area (Å²) in [4.78, 5) is 36.9. The van der Waals surface area contributed by atoms with E-state index < -0.39 is 11.9 Å². The number of likely N-dealkylation sites (tertiary alicyclic amines) is 1. The Balaban J connectivity index is 0.000000414. The molecule has 1 saturated heterocycles. The van der Waals surface area contributed by atoms with Gasteiger partial charge in [-0.1, -0.05) is 35.3 Å². The summed E-state index contributed by atoms with van der Waals surface area (Å²) in [6, 6.07) is 11.7. The molecule has 0 spiro atoms. The molecule has 37 heavy (non-hydrogen) atoms. The van der Waals surface area contributed by atoms with Gasteiger partial charge in [0, 0.05) is 25.2 Å². The van der Waals surface area contributed by atoms with E-state index in [9.17, 15) is 14.4 Å². The lowest BCUT2D eigenvalue weighted by Gasteiger charge is -2.39. The molecule has 198 valence electrons. The molecule has 0 aliphatic carbocycles. The van der Waals surface area contributed by atoms with Gasteiger partial charge in [-0.3, -0.25) is 4.79 Å². The van der Waals surface area contributed by atoms with Gasteiger partial charge in [0.05, 0.1) is 29.6 Å². The molecule has 1 fully saturated rings. The fraction of sp³-hybridized carbons (Fsp3) is 0.370. The zero-order valence-corrected chi connectivity index (χ0v) is 22.0. The first-order valence-electron chi connectivity index (χ1n) is 11.9. The van der Waals surface area contributed by atoms with E-state index in [0.29, 0.717) is 28.6 Å². The van der Waals surface area contributed by atoms with Crippen molar-refractivity contribution in [2.45, 2.75) is 31.7 Å². The number of hydrogen-bond donors (Lipinski definition) is 2. The lowest BCUT2D eigenvalue weighted by molar-refractivity contribution is -0.134. The summed E-state index contributed by atoms with van der Waals surface area (Å²) < 4.78 is 5.47. The smallest absolute Gasteiger partial charge is 0.328 e. The summed E-state index contributed by atoms with van der Waals surface area (Å²) in [5, 5.41) is 16.6. The summed E-state index contributed by atoms with van der Waals surface area (Å²) in [6.45, 7) is 3.81. The van der Waals surface area contributed by atoms with Crippen LogP contribution in [0.25, 0.3) is 0 Å². The lowest BCUT2D eigenvalue weighted by atomic mass is 9.91. The molecule has 2 aromatic rings. The van der Waals surface area contributed by atoms with E-state index in [-0.39, 0.29) is 11.9 Å². The molecule has 0 bridgehead atoms. The van der Waals surface area contributed by atoms with Crippen molar-refractivity contribution in [2.75, 3.05) is 33.3 Å². The molecule has 0 radical (unpaired) electrons. The first kappa shape index (κ1) is 28.5. The third kappa shape index (κ3) is 8.21. The molecular weight excluding hydrogens is 519 g/mol. The molecule has 1 amide bonds. The van der Waals surface area contributed by atoms with Gasteiger partial charge in [0.1, 0.15) is 5.75 Å². The van der Waals surface area contributed by atoms with Gasteiger partial charge in [-0.15, -0.1) is 0 Å². The normalized spacial score (nSPS) is 17.2. The Labute approximate surface area is 226 Å². The van der Waals surface area contributed by atoms with E-state index in [1.165, 1.54) is 24.0 Å².